The Labute approximate surface area is 157 Å². The summed E-state index contributed by atoms with van der Waals surface area (Å²) in [5.41, 5.74) is 5.15. The summed E-state index contributed by atoms with van der Waals surface area (Å²) in [6.07, 6.45) is 5.43. The van der Waals surface area contributed by atoms with Crippen LogP contribution in [0.3, 0.4) is 0 Å². The highest BCUT2D eigenvalue weighted by molar-refractivity contribution is 5.77. The van der Waals surface area contributed by atoms with E-state index < -0.39 is 0 Å². The van der Waals surface area contributed by atoms with Gasteiger partial charge in [0, 0.05) is 42.3 Å². The van der Waals surface area contributed by atoms with Crippen molar-refractivity contribution in [1.82, 2.24) is 19.5 Å². The van der Waals surface area contributed by atoms with Gasteiger partial charge in [0.05, 0.1) is 24.5 Å². The number of amides is 1. The number of ether oxygens (including phenoxy) is 1. The zero-order chi connectivity index (χ0) is 18.5. The van der Waals surface area contributed by atoms with E-state index in [9.17, 15) is 4.79 Å². The van der Waals surface area contributed by atoms with Crippen molar-refractivity contribution in [3.63, 3.8) is 0 Å². The molecule has 0 N–H and O–H groups in total. The van der Waals surface area contributed by atoms with Crippen LogP contribution in [0, 0.1) is 0 Å². The Morgan fingerprint density at radius 3 is 2.81 bits per heavy atom. The minimum absolute atomic E-state index is 0.150. The van der Waals surface area contributed by atoms with E-state index >= 15 is 0 Å². The Bertz CT molecular complexity index is 1020. The van der Waals surface area contributed by atoms with Gasteiger partial charge < -0.3 is 9.64 Å². The van der Waals surface area contributed by atoms with Crippen LogP contribution < -0.4 is 4.74 Å². The molecule has 2 aromatic heterocycles. The molecule has 2 atom stereocenters. The molecule has 0 aliphatic carbocycles. The lowest BCUT2D eigenvalue weighted by Crippen LogP contribution is -2.42. The van der Waals surface area contributed by atoms with Crippen molar-refractivity contribution in [1.29, 1.82) is 0 Å². The van der Waals surface area contributed by atoms with Crippen LogP contribution >= 0.6 is 0 Å². The third-order valence-corrected chi connectivity index (χ3v) is 5.88. The number of methoxy groups -OCH3 is 1. The first kappa shape index (κ1) is 16.3. The van der Waals surface area contributed by atoms with Crippen molar-refractivity contribution in [2.75, 3.05) is 7.11 Å². The molecular formula is C21H22N4O2. The van der Waals surface area contributed by atoms with E-state index in [-0.39, 0.29) is 18.0 Å². The number of carbonyl (C=O) groups excluding carboxylic acids is 1. The van der Waals surface area contributed by atoms with E-state index in [0.29, 0.717) is 6.42 Å². The zero-order valence-electron chi connectivity index (χ0n) is 15.6. The zero-order valence-corrected chi connectivity index (χ0v) is 15.6. The SMILES string of the molecule is CCC(=O)N1C2CCC1c1cnc3cc(-c4ccc(OC)cc4)nn3c1C2. The molecule has 1 saturated heterocycles. The monoisotopic (exact) mass is 362 g/mol. The Hall–Kier alpha value is -2.89. The van der Waals surface area contributed by atoms with Gasteiger partial charge in [-0.05, 0) is 37.1 Å². The first-order chi connectivity index (χ1) is 13.2. The van der Waals surface area contributed by atoms with Crippen molar-refractivity contribution in [3.05, 3.63) is 47.8 Å². The molecular weight excluding hydrogens is 340 g/mol. The molecule has 2 unspecified atom stereocenters. The van der Waals surface area contributed by atoms with Crippen LogP contribution in [0.5, 0.6) is 5.75 Å². The van der Waals surface area contributed by atoms with Gasteiger partial charge in [0.15, 0.2) is 5.65 Å². The first-order valence-corrected chi connectivity index (χ1v) is 9.52. The molecule has 2 aliphatic rings. The maximum absolute atomic E-state index is 12.4. The molecule has 0 radical (unpaired) electrons. The van der Waals surface area contributed by atoms with Gasteiger partial charge in [-0.25, -0.2) is 9.50 Å². The average Bonchev–Trinajstić information content (AvgIpc) is 3.28. The molecule has 5 rings (SSSR count). The summed E-state index contributed by atoms with van der Waals surface area (Å²) in [5.74, 6) is 1.07. The third-order valence-electron chi connectivity index (χ3n) is 5.88. The van der Waals surface area contributed by atoms with E-state index in [1.54, 1.807) is 7.11 Å². The largest absolute Gasteiger partial charge is 0.497 e. The Kier molecular flexibility index (Phi) is 3.67. The van der Waals surface area contributed by atoms with E-state index in [1.165, 1.54) is 5.69 Å². The molecule has 0 spiro atoms. The van der Waals surface area contributed by atoms with Crippen LogP contribution in [0.4, 0.5) is 0 Å². The highest BCUT2D eigenvalue weighted by Gasteiger charge is 2.43. The van der Waals surface area contributed by atoms with Crippen LogP contribution in [0.25, 0.3) is 16.9 Å². The van der Waals surface area contributed by atoms with Crippen LogP contribution in [0.15, 0.2) is 36.5 Å². The second-order valence-corrected chi connectivity index (χ2v) is 7.29. The summed E-state index contributed by atoms with van der Waals surface area (Å²) >= 11 is 0. The molecule has 3 aromatic rings. The standard InChI is InChI=1S/C21H22N4O2/c1-3-21(26)24-14-6-9-18(24)16-12-22-20-11-17(23-25(20)19(16)10-14)13-4-7-15(27-2)8-5-13/h4-5,7-8,11-12,14,18H,3,6,9-10H2,1-2H3. The molecule has 2 aliphatic heterocycles. The first-order valence-electron chi connectivity index (χ1n) is 9.52. The van der Waals surface area contributed by atoms with E-state index in [2.05, 4.69) is 9.88 Å². The molecule has 1 amide bonds. The van der Waals surface area contributed by atoms with E-state index in [4.69, 9.17) is 9.84 Å². The summed E-state index contributed by atoms with van der Waals surface area (Å²) in [5, 5.41) is 4.85. The number of rotatable bonds is 3. The lowest BCUT2D eigenvalue weighted by Gasteiger charge is -2.36. The number of nitrogens with zero attached hydrogens (tertiary/aromatic N) is 4. The van der Waals surface area contributed by atoms with Crippen LogP contribution in [-0.2, 0) is 11.2 Å². The second kappa shape index (κ2) is 6.08. The van der Waals surface area contributed by atoms with Crippen molar-refractivity contribution in [2.24, 2.45) is 0 Å². The number of hydrogen-bond donors (Lipinski definition) is 0. The summed E-state index contributed by atoms with van der Waals surface area (Å²) in [7, 11) is 1.66. The number of fused-ring (bicyclic) bond motifs is 6. The molecule has 1 aromatic carbocycles. The topological polar surface area (TPSA) is 59.7 Å². The van der Waals surface area contributed by atoms with Gasteiger partial charge in [0.1, 0.15) is 5.75 Å². The van der Waals surface area contributed by atoms with Gasteiger partial charge in [0.25, 0.3) is 0 Å². The van der Waals surface area contributed by atoms with Crippen molar-refractivity contribution in [2.45, 2.75) is 44.7 Å². The highest BCUT2D eigenvalue weighted by Crippen LogP contribution is 2.43. The summed E-state index contributed by atoms with van der Waals surface area (Å²) < 4.78 is 7.22. The number of hydrogen-bond acceptors (Lipinski definition) is 4. The fraction of sp³-hybridized carbons (Fsp3) is 0.381. The summed E-state index contributed by atoms with van der Waals surface area (Å²) in [6.45, 7) is 1.94. The highest BCUT2D eigenvalue weighted by atomic mass is 16.5. The normalized spacial score (nSPS) is 20.7. The Morgan fingerprint density at radius 1 is 1.26 bits per heavy atom. The van der Waals surface area contributed by atoms with Crippen LogP contribution in [0.2, 0.25) is 0 Å². The lowest BCUT2D eigenvalue weighted by molar-refractivity contribution is -0.134. The van der Waals surface area contributed by atoms with Crippen LogP contribution in [0.1, 0.15) is 43.5 Å². The van der Waals surface area contributed by atoms with Gasteiger partial charge in [-0.2, -0.15) is 5.10 Å². The maximum atomic E-state index is 12.4. The molecule has 4 heterocycles. The predicted molar refractivity (Wildman–Crippen MR) is 102 cm³/mol. The molecule has 1 fully saturated rings. The van der Waals surface area contributed by atoms with Crippen molar-refractivity contribution >= 4 is 11.6 Å². The van der Waals surface area contributed by atoms with Crippen molar-refractivity contribution < 1.29 is 9.53 Å². The fourth-order valence-electron chi connectivity index (χ4n) is 4.55. The van der Waals surface area contributed by atoms with Gasteiger partial charge in [-0.1, -0.05) is 6.92 Å². The van der Waals surface area contributed by atoms with Gasteiger partial charge in [0.2, 0.25) is 5.91 Å². The molecule has 138 valence electrons. The number of benzene rings is 1. The van der Waals surface area contributed by atoms with E-state index in [0.717, 1.165) is 47.5 Å². The fourth-order valence-corrected chi connectivity index (χ4v) is 4.55. The average molecular weight is 362 g/mol. The summed E-state index contributed by atoms with van der Waals surface area (Å²) in [6, 6.07) is 10.4. The second-order valence-electron chi connectivity index (χ2n) is 7.29. The molecule has 6 heteroatoms. The smallest absolute Gasteiger partial charge is 0.223 e. The predicted octanol–water partition coefficient (Wildman–Crippen LogP) is 3.40. The van der Waals surface area contributed by atoms with Gasteiger partial charge >= 0.3 is 0 Å². The Balaban J connectivity index is 1.58. The Morgan fingerprint density at radius 2 is 2.07 bits per heavy atom. The number of carbonyl (C=O) groups is 1. The molecule has 0 saturated carbocycles. The molecule has 27 heavy (non-hydrogen) atoms. The quantitative estimate of drug-likeness (QED) is 0.716. The maximum Gasteiger partial charge on any atom is 0.223 e. The van der Waals surface area contributed by atoms with Gasteiger partial charge in [-0.15, -0.1) is 0 Å². The third kappa shape index (κ3) is 2.43. The van der Waals surface area contributed by atoms with Crippen LogP contribution in [-0.4, -0.2) is 38.6 Å². The minimum atomic E-state index is 0.150. The number of aromatic nitrogens is 3. The molecule has 2 bridgehead atoms. The van der Waals surface area contributed by atoms with Crippen molar-refractivity contribution in [3.8, 4) is 17.0 Å². The summed E-state index contributed by atoms with van der Waals surface area (Å²) in [4.78, 5) is 19.2. The van der Waals surface area contributed by atoms with Gasteiger partial charge in [-0.3, -0.25) is 4.79 Å². The lowest BCUT2D eigenvalue weighted by atomic mass is 9.99. The molecule has 6 nitrogen and oxygen atoms in total. The minimum Gasteiger partial charge on any atom is -0.497 e. The van der Waals surface area contributed by atoms with E-state index in [1.807, 2.05) is 48.0 Å².